The summed E-state index contributed by atoms with van der Waals surface area (Å²) in [5, 5.41) is 0. The van der Waals surface area contributed by atoms with Crippen LogP contribution in [0, 0.1) is 0 Å². The van der Waals surface area contributed by atoms with Crippen LogP contribution in [0.4, 0.5) is 0 Å². The SMILES string of the molecule is CC(C)c1cc(Br)c(OCCN2CCCC2)c(C=O)c1. The van der Waals surface area contributed by atoms with Gasteiger partial charge in [0, 0.05) is 6.54 Å². The fraction of sp³-hybridized carbons (Fsp3) is 0.562. The van der Waals surface area contributed by atoms with Crippen molar-refractivity contribution in [2.45, 2.75) is 32.6 Å². The summed E-state index contributed by atoms with van der Waals surface area (Å²) in [7, 11) is 0. The van der Waals surface area contributed by atoms with Gasteiger partial charge in [0.25, 0.3) is 0 Å². The highest BCUT2D eigenvalue weighted by Gasteiger charge is 2.14. The lowest BCUT2D eigenvalue weighted by Gasteiger charge is -2.17. The van der Waals surface area contributed by atoms with Gasteiger partial charge in [-0.15, -0.1) is 0 Å². The maximum Gasteiger partial charge on any atom is 0.153 e. The first kappa shape index (κ1) is 15.5. The third-order valence-electron chi connectivity index (χ3n) is 3.74. The Hall–Kier alpha value is -0.870. The number of hydrogen-bond acceptors (Lipinski definition) is 3. The quantitative estimate of drug-likeness (QED) is 0.737. The van der Waals surface area contributed by atoms with Gasteiger partial charge in [-0.3, -0.25) is 9.69 Å². The van der Waals surface area contributed by atoms with E-state index in [0.717, 1.165) is 36.0 Å². The molecule has 3 nitrogen and oxygen atoms in total. The summed E-state index contributed by atoms with van der Waals surface area (Å²) in [4.78, 5) is 13.7. The highest BCUT2D eigenvalue weighted by atomic mass is 79.9. The topological polar surface area (TPSA) is 29.5 Å². The summed E-state index contributed by atoms with van der Waals surface area (Å²) in [6, 6.07) is 3.97. The molecular weight excluding hydrogens is 318 g/mol. The highest BCUT2D eigenvalue weighted by molar-refractivity contribution is 9.10. The number of carbonyl (C=O) groups is 1. The molecule has 0 bridgehead atoms. The Labute approximate surface area is 129 Å². The van der Waals surface area contributed by atoms with Crippen molar-refractivity contribution in [3.63, 3.8) is 0 Å². The minimum absolute atomic E-state index is 0.392. The molecule has 4 heteroatoms. The van der Waals surface area contributed by atoms with E-state index in [2.05, 4.69) is 34.7 Å². The van der Waals surface area contributed by atoms with Gasteiger partial charge in [0.2, 0.25) is 0 Å². The first-order chi connectivity index (χ1) is 9.61. The molecule has 1 aromatic carbocycles. The molecule has 2 rings (SSSR count). The van der Waals surface area contributed by atoms with E-state index in [1.165, 1.54) is 12.8 Å². The number of aldehydes is 1. The molecule has 0 aromatic heterocycles. The minimum atomic E-state index is 0.392. The molecule has 1 aliphatic rings. The Morgan fingerprint density at radius 2 is 2.05 bits per heavy atom. The second kappa shape index (κ2) is 7.23. The van der Waals surface area contributed by atoms with Gasteiger partial charge >= 0.3 is 0 Å². The van der Waals surface area contributed by atoms with Crippen molar-refractivity contribution in [2.24, 2.45) is 0 Å². The molecule has 1 heterocycles. The first-order valence-corrected chi connectivity index (χ1v) is 8.05. The lowest BCUT2D eigenvalue weighted by molar-refractivity contribution is 0.111. The van der Waals surface area contributed by atoms with E-state index < -0.39 is 0 Å². The molecule has 0 radical (unpaired) electrons. The molecule has 1 fully saturated rings. The van der Waals surface area contributed by atoms with Crippen molar-refractivity contribution < 1.29 is 9.53 Å². The van der Waals surface area contributed by atoms with Crippen LogP contribution in [0.25, 0.3) is 0 Å². The van der Waals surface area contributed by atoms with Gasteiger partial charge in [-0.1, -0.05) is 13.8 Å². The minimum Gasteiger partial charge on any atom is -0.490 e. The van der Waals surface area contributed by atoms with Crippen LogP contribution < -0.4 is 4.74 Å². The predicted octanol–water partition coefficient (Wildman–Crippen LogP) is 3.86. The Bertz CT molecular complexity index is 468. The molecule has 0 aliphatic carbocycles. The van der Waals surface area contributed by atoms with Crippen LogP contribution in [-0.4, -0.2) is 37.4 Å². The molecule has 0 saturated carbocycles. The monoisotopic (exact) mass is 339 g/mol. The second-order valence-electron chi connectivity index (χ2n) is 5.59. The lowest BCUT2D eigenvalue weighted by atomic mass is 10.0. The van der Waals surface area contributed by atoms with Gasteiger partial charge in [0.1, 0.15) is 12.4 Å². The molecule has 20 heavy (non-hydrogen) atoms. The highest BCUT2D eigenvalue weighted by Crippen LogP contribution is 2.32. The van der Waals surface area contributed by atoms with Crippen LogP contribution in [0.1, 0.15) is 48.5 Å². The van der Waals surface area contributed by atoms with E-state index in [1.54, 1.807) is 0 Å². The molecular formula is C16H22BrNO2. The van der Waals surface area contributed by atoms with Gasteiger partial charge < -0.3 is 4.74 Å². The maximum absolute atomic E-state index is 11.3. The van der Waals surface area contributed by atoms with Gasteiger partial charge in [-0.2, -0.15) is 0 Å². The molecule has 0 N–H and O–H groups in total. The van der Waals surface area contributed by atoms with E-state index in [4.69, 9.17) is 4.74 Å². The van der Waals surface area contributed by atoms with E-state index in [1.807, 2.05) is 12.1 Å². The van der Waals surface area contributed by atoms with E-state index in [0.29, 0.717) is 23.8 Å². The Morgan fingerprint density at radius 1 is 1.35 bits per heavy atom. The summed E-state index contributed by atoms with van der Waals surface area (Å²) >= 11 is 3.52. The molecule has 0 atom stereocenters. The number of carbonyl (C=O) groups excluding carboxylic acids is 1. The third kappa shape index (κ3) is 3.83. The first-order valence-electron chi connectivity index (χ1n) is 7.25. The summed E-state index contributed by atoms with van der Waals surface area (Å²) in [6.45, 7) is 8.11. The average molecular weight is 340 g/mol. The van der Waals surface area contributed by atoms with Crippen molar-refractivity contribution in [1.29, 1.82) is 0 Å². The van der Waals surface area contributed by atoms with Crippen LogP contribution in [0.3, 0.4) is 0 Å². The van der Waals surface area contributed by atoms with Crippen LogP contribution in [-0.2, 0) is 0 Å². The molecule has 110 valence electrons. The maximum atomic E-state index is 11.3. The summed E-state index contributed by atoms with van der Waals surface area (Å²) < 4.78 is 6.70. The zero-order valence-corrected chi connectivity index (χ0v) is 13.8. The van der Waals surface area contributed by atoms with Crippen LogP contribution in [0.5, 0.6) is 5.75 Å². The van der Waals surface area contributed by atoms with Crippen molar-refractivity contribution in [1.82, 2.24) is 4.90 Å². The summed E-state index contributed by atoms with van der Waals surface area (Å²) in [5.41, 5.74) is 1.77. The van der Waals surface area contributed by atoms with Crippen molar-refractivity contribution >= 4 is 22.2 Å². The largest absolute Gasteiger partial charge is 0.490 e. The lowest BCUT2D eigenvalue weighted by Crippen LogP contribution is -2.25. The number of benzene rings is 1. The van der Waals surface area contributed by atoms with Crippen LogP contribution in [0.15, 0.2) is 16.6 Å². The van der Waals surface area contributed by atoms with Gasteiger partial charge in [-0.25, -0.2) is 0 Å². The molecule has 1 saturated heterocycles. The predicted molar refractivity (Wildman–Crippen MR) is 84.8 cm³/mol. The molecule has 1 aromatic rings. The molecule has 0 unspecified atom stereocenters. The van der Waals surface area contributed by atoms with Crippen molar-refractivity contribution in [3.8, 4) is 5.75 Å². The van der Waals surface area contributed by atoms with Crippen molar-refractivity contribution in [3.05, 3.63) is 27.7 Å². The number of ether oxygens (including phenoxy) is 1. The fourth-order valence-electron chi connectivity index (χ4n) is 2.49. The zero-order chi connectivity index (χ0) is 14.5. The van der Waals surface area contributed by atoms with Gasteiger partial charge in [-0.05, 0) is 65.5 Å². The third-order valence-corrected chi connectivity index (χ3v) is 4.33. The van der Waals surface area contributed by atoms with Gasteiger partial charge in [0.05, 0.1) is 10.0 Å². The van der Waals surface area contributed by atoms with Crippen LogP contribution >= 0.6 is 15.9 Å². The Balaban J connectivity index is 2.04. The van der Waals surface area contributed by atoms with Gasteiger partial charge in [0.15, 0.2) is 6.29 Å². The normalized spacial score (nSPS) is 15.8. The van der Waals surface area contributed by atoms with E-state index in [-0.39, 0.29) is 0 Å². The molecule has 0 spiro atoms. The fourth-order valence-corrected chi connectivity index (χ4v) is 3.10. The standard InChI is InChI=1S/C16H22BrNO2/c1-12(2)13-9-14(11-19)16(15(17)10-13)20-8-7-18-5-3-4-6-18/h9-12H,3-8H2,1-2H3. The second-order valence-corrected chi connectivity index (χ2v) is 6.45. The summed E-state index contributed by atoms with van der Waals surface area (Å²) in [6.07, 6.45) is 3.45. The van der Waals surface area contributed by atoms with E-state index >= 15 is 0 Å². The smallest absolute Gasteiger partial charge is 0.153 e. The number of rotatable bonds is 6. The summed E-state index contributed by atoms with van der Waals surface area (Å²) in [5.74, 6) is 1.06. The molecule has 0 amide bonds. The number of likely N-dealkylation sites (tertiary alicyclic amines) is 1. The number of hydrogen-bond donors (Lipinski definition) is 0. The Kier molecular flexibility index (Phi) is 5.61. The molecule has 1 aliphatic heterocycles. The van der Waals surface area contributed by atoms with E-state index in [9.17, 15) is 4.79 Å². The van der Waals surface area contributed by atoms with Crippen molar-refractivity contribution in [2.75, 3.05) is 26.2 Å². The number of nitrogens with zero attached hydrogens (tertiary/aromatic N) is 1. The average Bonchev–Trinajstić information content (AvgIpc) is 2.93. The Morgan fingerprint density at radius 3 is 2.65 bits per heavy atom. The number of halogens is 1. The van der Waals surface area contributed by atoms with Crippen LogP contribution in [0.2, 0.25) is 0 Å². The zero-order valence-electron chi connectivity index (χ0n) is 12.2.